The van der Waals surface area contributed by atoms with Crippen LogP contribution < -0.4 is 10.9 Å². The zero-order valence-electron chi connectivity index (χ0n) is 14.4. The van der Waals surface area contributed by atoms with Gasteiger partial charge in [-0.2, -0.15) is 9.78 Å². The standard InChI is InChI=1S/C18H10Cl2FN7O/c19-9-3-6-11(12(20)7-9)14-13-15(17(29)24-23-14)22-18-25-26-27-28(18)16(13)8-1-4-10(21)5-2-8/h1-7,16H,(H,24,29)(H,22,25,27)/t16-/m1/s1. The average Bonchev–Trinajstić information content (AvgIpc) is 3.17. The van der Waals surface area contributed by atoms with Crippen molar-refractivity contribution in [1.29, 1.82) is 0 Å². The van der Waals surface area contributed by atoms with E-state index in [4.69, 9.17) is 23.2 Å². The summed E-state index contributed by atoms with van der Waals surface area (Å²) in [5, 5.41) is 22.1. The zero-order valence-corrected chi connectivity index (χ0v) is 15.9. The molecule has 0 spiro atoms. The summed E-state index contributed by atoms with van der Waals surface area (Å²) in [4.78, 5) is 12.6. The highest BCUT2D eigenvalue weighted by molar-refractivity contribution is 6.36. The molecule has 0 unspecified atom stereocenters. The second-order valence-corrected chi connectivity index (χ2v) is 7.18. The Morgan fingerprint density at radius 2 is 1.90 bits per heavy atom. The van der Waals surface area contributed by atoms with Gasteiger partial charge in [0.05, 0.1) is 5.02 Å². The quantitative estimate of drug-likeness (QED) is 0.444. The third kappa shape index (κ3) is 2.86. The number of halogens is 3. The van der Waals surface area contributed by atoms with E-state index in [0.29, 0.717) is 32.4 Å². The van der Waals surface area contributed by atoms with E-state index in [-0.39, 0.29) is 17.5 Å². The van der Waals surface area contributed by atoms with Crippen molar-refractivity contribution in [2.75, 3.05) is 5.32 Å². The van der Waals surface area contributed by atoms with Gasteiger partial charge in [-0.25, -0.2) is 9.49 Å². The van der Waals surface area contributed by atoms with Crippen LogP contribution in [0.4, 0.5) is 16.0 Å². The molecule has 2 aromatic carbocycles. The summed E-state index contributed by atoms with van der Waals surface area (Å²) in [6.07, 6.45) is 0. The summed E-state index contributed by atoms with van der Waals surface area (Å²) in [6, 6.07) is 10.2. The van der Waals surface area contributed by atoms with Crippen molar-refractivity contribution in [3.05, 3.63) is 79.8 Å². The molecule has 4 aromatic rings. The second kappa shape index (κ2) is 6.64. The SMILES string of the molecule is O=c1[nH]nc(-c2ccc(Cl)cc2Cl)c2c1Nc1nnnn1[C@@H]2c1ccc(F)cc1. The number of hydrogen-bond donors (Lipinski definition) is 2. The van der Waals surface area contributed by atoms with Gasteiger partial charge in [0.15, 0.2) is 0 Å². The molecule has 2 N–H and O–H groups in total. The van der Waals surface area contributed by atoms with Crippen LogP contribution in [-0.4, -0.2) is 30.4 Å². The van der Waals surface area contributed by atoms with Crippen LogP contribution in [0.25, 0.3) is 11.3 Å². The Hall–Kier alpha value is -3.30. The van der Waals surface area contributed by atoms with Crippen molar-refractivity contribution < 1.29 is 4.39 Å². The smallest absolute Gasteiger partial charge is 0.288 e. The highest BCUT2D eigenvalue weighted by Crippen LogP contribution is 2.42. The molecule has 0 amide bonds. The van der Waals surface area contributed by atoms with Crippen LogP contribution in [0.15, 0.2) is 47.3 Å². The maximum atomic E-state index is 13.5. The Morgan fingerprint density at radius 3 is 2.66 bits per heavy atom. The molecule has 1 atom stereocenters. The average molecular weight is 430 g/mol. The lowest BCUT2D eigenvalue weighted by Gasteiger charge is -2.28. The van der Waals surface area contributed by atoms with Gasteiger partial charge >= 0.3 is 0 Å². The van der Waals surface area contributed by atoms with Crippen LogP contribution in [0.3, 0.4) is 0 Å². The fourth-order valence-corrected chi connectivity index (χ4v) is 3.88. The Balaban J connectivity index is 1.83. The van der Waals surface area contributed by atoms with Gasteiger partial charge in [-0.1, -0.05) is 40.4 Å². The molecule has 0 bridgehead atoms. The third-order valence-electron chi connectivity index (χ3n) is 4.64. The van der Waals surface area contributed by atoms with Gasteiger partial charge in [0.1, 0.15) is 23.2 Å². The number of H-pyrrole nitrogens is 1. The minimum Gasteiger partial charge on any atom is -0.318 e. The molecule has 11 heteroatoms. The number of rotatable bonds is 2. The van der Waals surface area contributed by atoms with Crippen LogP contribution in [0.1, 0.15) is 17.2 Å². The van der Waals surface area contributed by atoms with Gasteiger partial charge < -0.3 is 5.32 Å². The van der Waals surface area contributed by atoms with Crippen LogP contribution in [0, 0.1) is 5.82 Å². The monoisotopic (exact) mass is 429 g/mol. The van der Waals surface area contributed by atoms with E-state index in [0.717, 1.165) is 0 Å². The zero-order chi connectivity index (χ0) is 20.1. The maximum absolute atomic E-state index is 13.5. The molecule has 0 fully saturated rings. The number of aromatic amines is 1. The Labute approximate surface area is 172 Å². The first-order chi connectivity index (χ1) is 14.0. The number of nitrogens with zero attached hydrogens (tertiary/aromatic N) is 5. The van der Waals surface area contributed by atoms with E-state index in [1.807, 2.05) is 0 Å². The molecule has 2 aromatic heterocycles. The first kappa shape index (κ1) is 17.8. The molecule has 0 radical (unpaired) electrons. The van der Waals surface area contributed by atoms with Gasteiger partial charge in [-0.15, -0.1) is 0 Å². The second-order valence-electron chi connectivity index (χ2n) is 6.34. The summed E-state index contributed by atoms with van der Waals surface area (Å²) in [5.41, 5.74) is 1.94. The van der Waals surface area contributed by atoms with Gasteiger partial charge in [0.25, 0.3) is 5.56 Å². The fraction of sp³-hybridized carbons (Fsp3) is 0.0556. The van der Waals surface area contributed by atoms with Gasteiger partial charge in [-0.05, 0) is 46.3 Å². The molecular weight excluding hydrogens is 420 g/mol. The van der Waals surface area contributed by atoms with E-state index < -0.39 is 11.6 Å². The lowest BCUT2D eigenvalue weighted by molar-refractivity contribution is 0.564. The van der Waals surface area contributed by atoms with E-state index in [2.05, 4.69) is 31.0 Å². The summed E-state index contributed by atoms with van der Waals surface area (Å²) < 4.78 is 15.0. The topological polar surface area (TPSA) is 101 Å². The van der Waals surface area contributed by atoms with Crippen molar-refractivity contribution in [3.8, 4) is 11.3 Å². The summed E-state index contributed by atoms with van der Waals surface area (Å²) >= 11 is 12.4. The first-order valence-electron chi connectivity index (χ1n) is 8.41. The number of fused-ring (bicyclic) bond motifs is 2. The number of hydrogen-bond acceptors (Lipinski definition) is 6. The third-order valence-corrected chi connectivity index (χ3v) is 5.19. The lowest BCUT2D eigenvalue weighted by atomic mass is 9.92. The Bertz CT molecular complexity index is 1300. The van der Waals surface area contributed by atoms with Gasteiger partial charge in [0, 0.05) is 16.1 Å². The van der Waals surface area contributed by atoms with E-state index in [1.165, 1.54) is 16.8 Å². The van der Waals surface area contributed by atoms with Crippen molar-refractivity contribution in [2.45, 2.75) is 6.04 Å². The van der Waals surface area contributed by atoms with Crippen molar-refractivity contribution >= 4 is 34.8 Å². The summed E-state index contributed by atoms with van der Waals surface area (Å²) in [6.45, 7) is 0. The predicted octanol–water partition coefficient (Wildman–Crippen LogP) is 3.56. The van der Waals surface area contributed by atoms with Gasteiger partial charge in [0.2, 0.25) is 5.95 Å². The molecule has 29 heavy (non-hydrogen) atoms. The fourth-order valence-electron chi connectivity index (χ4n) is 3.38. The van der Waals surface area contributed by atoms with Gasteiger partial charge in [-0.3, -0.25) is 4.79 Å². The molecule has 144 valence electrons. The minimum atomic E-state index is -0.631. The van der Waals surface area contributed by atoms with Crippen LogP contribution in [0.5, 0.6) is 0 Å². The lowest BCUT2D eigenvalue weighted by Crippen LogP contribution is -2.29. The molecule has 5 rings (SSSR count). The molecular formula is C18H10Cl2FN7O. The number of nitrogens with one attached hydrogen (secondary N) is 2. The van der Waals surface area contributed by atoms with E-state index >= 15 is 0 Å². The molecule has 0 saturated heterocycles. The normalized spacial score (nSPS) is 14.8. The number of tetrazole rings is 1. The molecule has 8 nitrogen and oxygen atoms in total. The molecule has 0 aliphatic carbocycles. The van der Waals surface area contributed by atoms with Crippen LogP contribution in [-0.2, 0) is 0 Å². The molecule has 1 aliphatic heterocycles. The maximum Gasteiger partial charge on any atom is 0.288 e. The highest BCUT2D eigenvalue weighted by atomic mass is 35.5. The number of benzene rings is 2. The predicted molar refractivity (Wildman–Crippen MR) is 105 cm³/mol. The van der Waals surface area contributed by atoms with E-state index in [1.54, 1.807) is 30.3 Å². The van der Waals surface area contributed by atoms with Crippen LogP contribution in [0.2, 0.25) is 10.0 Å². The Morgan fingerprint density at radius 1 is 1.10 bits per heavy atom. The summed E-state index contributed by atoms with van der Waals surface area (Å²) in [5.74, 6) is -0.110. The van der Waals surface area contributed by atoms with E-state index in [9.17, 15) is 9.18 Å². The van der Waals surface area contributed by atoms with Crippen molar-refractivity contribution in [3.63, 3.8) is 0 Å². The largest absolute Gasteiger partial charge is 0.318 e. The number of aromatic nitrogens is 6. The minimum absolute atomic E-state index is 0.234. The molecule has 3 heterocycles. The Kier molecular flexibility index (Phi) is 4.07. The van der Waals surface area contributed by atoms with Crippen LogP contribution >= 0.6 is 23.2 Å². The number of anilines is 2. The van der Waals surface area contributed by atoms with Crippen molar-refractivity contribution in [1.82, 2.24) is 30.4 Å². The molecule has 0 saturated carbocycles. The van der Waals surface area contributed by atoms with Crippen molar-refractivity contribution in [2.24, 2.45) is 0 Å². The first-order valence-corrected chi connectivity index (χ1v) is 9.17. The summed E-state index contributed by atoms with van der Waals surface area (Å²) in [7, 11) is 0. The highest BCUT2D eigenvalue weighted by Gasteiger charge is 2.34. The molecule has 1 aliphatic rings.